The van der Waals surface area contributed by atoms with Crippen LogP contribution in [0.25, 0.3) is 0 Å². The van der Waals surface area contributed by atoms with Crippen LogP contribution in [0, 0.1) is 3.57 Å². The topological polar surface area (TPSA) is 34.1 Å². The molecule has 1 aromatic rings. The number of rotatable bonds is 3. The van der Waals surface area contributed by atoms with E-state index in [4.69, 9.17) is 0 Å². The van der Waals surface area contributed by atoms with Gasteiger partial charge >= 0.3 is 0 Å². The lowest BCUT2D eigenvalue weighted by Gasteiger charge is -2.10. The number of Topliss-reactive ketones (excluding diaryl/α,β-unsaturated/α-hetero) is 2. The van der Waals surface area contributed by atoms with Gasteiger partial charge in [-0.25, -0.2) is 0 Å². The Morgan fingerprint density at radius 3 is 2.59 bits per heavy atom. The molecule has 0 aliphatic heterocycles. The highest BCUT2D eigenvalue weighted by molar-refractivity contribution is 14.1. The zero-order chi connectivity index (χ0) is 12.3. The molecule has 0 saturated carbocycles. The van der Waals surface area contributed by atoms with Crippen molar-refractivity contribution < 1.29 is 9.59 Å². The van der Waals surface area contributed by atoms with E-state index in [0.29, 0.717) is 17.6 Å². The summed E-state index contributed by atoms with van der Waals surface area (Å²) in [6.07, 6.45) is 4.59. The van der Waals surface area contributed by atoms with Gasteiger partial charge in [-0.15, -0.1) is 0 Å². The normalized spacial score (nSPS) is 15.6. The van der Waals surface area contributed by atoms with E-state index in [1.165, 1.54) is 0 Å². The van der Waals surface area contributed by atoms with Crippen LogP contribution in [-0.2, 0) is 4.79 Å². The summed E-state index contributed by atoms with van der Waals surface area (Å²) in [6, 6.07) is 7.45. The summed E-state index contributed by atoms with van der Waals surface area (Å²) in [7, 11) is 0. The lowest BCUT2D eigenvalue weighted by Crippen LogP contribution is -2.11. The molecule has 0 aromatic heterocycles. The molecule has 0 saturated heterocycles. The Morgan fingerprint density at radius 1 is 1.24 bits per heavy atom. The molecule has 0 spiro atoms. The lowest BCUT2D eigenvalue weighted by molar-refractivity contribution is -0.116. The van der Waals surface area contributed by atoms with Crippen LogP contribution >= 0.6 is 22.6 Å². The highest BCUT2D eigenvalue weighted by Gasteiger charge is 2.17. The third kappa shape index (κ3) is 3.25. The maximum atomic E-state index is 12.0. The van der Waals surface area contributed by atoms with Crippen molar-refractivity contribution >= 4 is 34.2 Å². The van der Waals surface area contributed by atoms with E-state index in [0.717, 1.165) is 16.4 Å². The van der Waals surface area contributed by atoms with Crippen LogP contribution in [0.3, 0.4) is 0 Å². The minimum Gasteiger partial charge on any atom is -0.295 e. The van der Waals surface area contributed by atoms with Gasteiger partial charge in [0.15, 0.2) is 11.6 Å². The highest BCUT2D eigenvalue weighted by Crippen LogP contribution is 2.19. The molecule has 0 N–H and O–H groups in total. The predicted molar refractivity (Wildman–Crippen MR) is 75.0 cm³/mol. The van der Waals surface area contributed by atoms with Gasteiger partial charge in [0.1, 0.15) is 0 Å². The number of hydrogen-bond donors (Lipinski definition) is 0. The van der Waals surface area contributed by atoms with Crippen LogP contribution < -0.4 is 0 Å². The first-order valence-electron chi connectivity index (χ1n) is 5.68. The minimum atomic E-state index is 0.0305. The maximum absolute atomic E-state index is 12.0. The molecule has 17 heavy (non-hydrogen) atoms. The fraction of sp³-hybridized carbons (Fsp3) is 0.286. The van der Waals surface area contributed by atoms with E-state index >= 15 is 0 Å². The van der Waals surface area contributed by atoms with E-state index < -0.39 is 0 Å². The molecule has 1 aliphatic carbocycles. The molecular formula is C14H13IO2. The van der Waals surface area contributed by atoms with Crippen molar-refractivity contribution in [1.82, 2.24) is 0 Å². The SMILES string of the molecule is O=C1CCCC=C1CC(=O)c1ccc(I)cc1. The van der Waals surface area contributed by atoms with E-state index in [1.54, 1.807) is 0 Å². The second-order valence-electron chi connectivity index (χ2n) is 4.15. The van der Waals surface area contributed by atoms with Crippen LogP contribution in [0.1, 0.15) is 36.0 Å². The van der Waals surface area contributed by atoms with Crippen LogP contribution in [0.4, 0.5) is 0 Å². The van der Waals surface area contributed by atoms with Gasteiger partial charge in [-0.1, -0.05) is 18.2 Å². The Labute approximate surface area is 114 Å². The highest BCUT2D eigenvalue weighted by atomic mass is 127. The third-order valence-corrected chi connectivity index (χ3v) is 3.59. The summed E-state index contributed by atoms with van der Waals surface area (Å²) in [5, 5.41) is 0. The van der Waals surface area contributed by atoms with Gasteiger partial charge in [0.05, 0.1) is 0 Å². The zero-order valence-corrected chi connectivity index (χ0v) is 11.6. The smallest absolute Gasteiger partial charge is 0.167 e. The average molecular weight is 340 g/mol. The Morgan fingerprint density at radius 2 is 1.94 bits per heavy atom. The van der Waals surface area contributed by atoms with E-state index in [9.17, 15) is 9.59 Å². The van der Waals surface area contributed by atoms with Crippen LogP contribution in [0.2, 0.25) is 0 Å². The Hall–Kier alpha value is -0.970. The molecule has 0 fully saturated rings. The van der Waals surface area contributed by atoms with Crippen molar-refractivity contribution in [1.29, 1.82) is 0 Å². The van der Waals surface area contributed by atoms with Gasteiger partial charge in [-0.2, -0.15) is 0 Å². The number of allylic oxidation sites excluding steroid dienone is 2. The molecule has 0 heterocycles. The Kier molecular flexibility index (Phi) is 4.10. The van der Waals surface area contributed by atoms with Gasteiger partial charge in [-0.3, -0.25) is 9.59 Å². The van der Waals surface area contributed by atoms with E-state index in [1.807, 2.05) is 30.3 Å². The molecule has 0 atom stereocenters. The predicted octanol–water partition coefficient (Wildman–Crippen LogP) is 3.54. The second kappa shape index (κ2) is 5.58. The average Bonchev–Trinajstić information content (AvgIpc) is 2.33. The molecule has 88 valence electrons. The fourth-order valence-electron chi connectivity index (χ4n) is 1.89. The first-order chi connectivity index (χ1) is 8.16. The molecule has 0 radical (unpaired) electrons. The number of halogens is 1. The molecule has 0 bridgehead atoms. The summed E-state index contributed by atoms with van der Waals surface area (Å²) >= 11 is 2.20. The van der Waals surface area contributed by atoms with Gasteiger partial charge < -0.3 is 0 Å². The molecule has 3 heteroatoms. The van der Waals surface area contributed by atoms with Crippen molar-refractivity contribution in [3.05, 3.63) is 45.0 Å². The van der Waals surface area contributed by atoms with Crippen LogP contribution in [-0.4, -0.2) is 11.6 Å². The fourth-order valence-corrected chi connectivity index (χ4v) is 2.25. The monoisotopic (exact) mass is 340 g/mol. The molecule has 0 unspecified atom stereocenters. The van der Waals surface area contributed by atoms with Crippen molar-refractivity contribution in [3.8, 4) is 0 Å². The van der Waals surface area contributed by atoms with Gasteiger partial charge in [0, 0.05) is 22.0 Å². The molecular weight excluding hydrogens is 327 g/mol. The zero-order valence-electron chi connectivity index (χ0n) is 9.41. The first kappa shape index (κ1) is 12.5. The number of ketones is 2. The number of hydrogen-bond acceptors (Lipinski definition) is 2. The van der Waals surface area contributed by atoms with Crippen molar-refractivity contribution in [2.45, 2.75) is 25.7 Å². The molecule has 2 rings (SSSR count). The standard InChI is InChI=1S/C14H13IO2/c15-12-7-5-10(6-8-12)14(17)9-11-3-1-2-4-13(11)16/h3,5-8H,1-2,4,9H2. The summed E-state index contributed by atoms with van der Waals surface area (Å²) in [5.74, 6) is 0.165. The quantitative estimate of drug-likeness (QED) is 0.623. The Balaban J connectivity index is 2.09. The van der Waals surface area contributed by atoms with E-state index in [2.05, 4.69) is 22.6 Å². The number of benzene rings is 1. The third-order valence-electron chi connectivity index (χ3n) is 2.87. The number of carbonyl (C=O) groups is 2. The van der Waals surface area contributed by atoms with Crippen molar-refractivity contribution in [2.24, 2.45) is 0 Å². The van der Waals surface area contributed by atoms with Crippen molar-refractivity contribution in [2.75, 3.05) is 0 Å². The van der Waals surface area contributed by atoms with Gasteiger partial charge in [0.2, 0.25) is 0 Å². The summed E-state index contributed by atoms with van der Waals surface area (Å²) in [5.41, 5.74) is 1.38. The summed E-state index contributed by atoms with van der Waals surface area (Å²) < 4.78 is 1.10. The summed E-state index contributed by atoms with van der Waals surface area (Å²) in [4.78, 5) is 23.6. The molecule has 2 nitrogen and oxygen atoms in total. The molecule has 1 aromatic carbocycles. The molecule has 0 amide bonds. The van der Waals surface area contributed by atoms with Crippen molar-refractivity contribution in [3.63, 3.8) is 0 Å². The maximum Gasteiger partial charge on any atom is 0.167 e. The van der Waals surface area contributed by atoms with Crippen LogP contribution in [0.15, 0.2) is 35.9 Å². The minimum absolute atomic E-state index is 0.0305. The number of carbonyl (C=O) groups excluding carboxylic acids is 2. The lowest BCUT2D eigenvalue weighted by atomic mass is 9.93. The second-order valence-corrected chi connectivity index (χ2v) is 5.40. The largest absolute Gasteiger partial charge is 0.295 e. The molecule has 1 aliphatic rings. The summed E-state index contributed by atoms with van der Waals surface area (Å²) in [6.45, 7) is 0. The Bertz CT molecular complexity index is 472. The first-order valence-corrected chi connectivity index (χ1v) is 6.75. The van der Waals surface area contributed by atoms with Gasteiger partial charge in [-0.05, 0) is 53.1 Å². The van der Waals surface area contributed by atoms with Gasteiger partial charge in [0.25, 0.3) is 0 Å². The van der Waals surface area contributed by atoms with E-state index in [-0.39, 0.29) is 18.0 Å². The van der Waals surface area contributed by atoms with Crippen LogP contribution in [0.5, 0.6) is 0 Å².